The molecule has 0 amide bonds. The summed E-state index contributed by atoms with van der Waals surface area (Å²) in [6.45, 7) is 3.73. The van der Waals surface area contributed by atoms with Crippen molar-refractivity contribution >= 4 is 29.0 Å². The Hall–Kier alpha value is -1.68. The van der Waals surface area contributed by atoms with Crippen molar-refractivity contribution in [3.8, 4) is 0 Å². The second kappa shape index (κ2) is 4.67. The van der Waals surface area contributed by atoms with Crippen molar-refractivity contribution in [1.82, 2.24) is 0 Å². The van der Waals surface area contributed by atoms with Crippen LogP contribution in [0, 0.1) is 0 Å². The number of hydrogen-bond acceptors (Lipinski definition) is 4. The van der Waals surface area contributed by atoms with Gasteiger partial charge in [-0.3, -0.25) is 0 Å². The minimum absolute atomic E-state index is 0.326. The Labute approximate surface area is 104 Å². The molecule has 0 bridgehead atoms. The summed E-state index contributed by atoms with van der Waals surface area (Å²) in [4.78, 5) is 16.9. The topological polar surface area (TPSA) is 47.6 Å². The molecule has 17 heavy (non-hydrogen) atoms. The summed E-state index contributed by atoms with van der Waals surface area (Å²) in [5.74, 6) is 0.0149. The number of nitrogens with one attached hydrogen (secondary N) is 1. The summed E-state index contributed by atoms with van der Waals surface area (Å²) in [6.07, 6.45) is 0. The first-order chi connectivity index (χ1) is 8.15. The molecule has 0 aromatic heterocycles. The summed E-state index contributed by atoms with van der Waals surface area (Å²) < 4.78 is 4.92. The molecule has 0 saturated carbocycles. The molecule has 0 fully saturated rings. The zero-order valence-corrected chi connectivity index (χ0v) is 10.3. The minimum Gasteiger partial charge on any atom is -0.463 e. The lowest BCUT2D eigenvalue weighted by atomic mass is 10.1. The molecule has 0 spiro atoms. The van der Waals surface area contributed by atoms with Crippen LogP contribution < -0.4 is 5.48 Å². The van der Waals surface area contributed by atoms with E-state index in [1.165, 1.54) is 0 Å². The molecule has 0 unspecified atom stereocenters. The lowest BCUT2D eigenvalue weighted by Gasteiger charge is -2.05. The van der Waals surface area contributed by atoms with Crippen LogP contribution in [-0.2, 0) is 14.4 Å². The molecule has 4 nitrogen and oxygen atoms in total. The maximum absolute atomic E-state index is 11.6. The van der Waals surface area contributed by atoms with E-state index in [0.29, 0.717) is 28.5 Å². The van der Waals surface area contributed by atoms with E-state index in [2.05, 4.69) is 5.48 Å². The fourth-order valence-corrected chi connectivity index (χ4v) is 1.85. The first-order valence-electron chi connectivity index (χ1n) is 5.25. The number of rotatable bonds is 2. The quantitative estimate of drug-likeness (QED) is 0.650. The normalized spacial score (nSPS) is 15.7. The van der Waals surface area contributed by atoms with Crippen LogP contribution in [0.4, 0.5) is 5.69 Å². The number of carbonyl (C=O) groups excluding carboxylic acids is 1. The average Bonchev–Trinajstić information content (AvgIpc) is 2.73. The fourth-order valence-electron chi connectivity index (χ4n) is 1.59. The van der Waals surface area contributed by atoms with E-state index in [4.69, 9.17) is 21.2 Å². The monoisotopic (exact) mass is 253 g/mol. The van der Waals surface area contributed by atoms with Crippen LogP contribution in [0.15, 0.2) is 23.8 Å². The molecule has 1 N–H and O–H groups in total. The Morgan fingerprint density at radius 3 is 3.00 bits per heavy atom. The standard InChI is InChI=1S/C12H12ClNO3/c1-3-16-12(15)7(2)11-10-8(13)5-4-6-9(10)14-17-11/h4-6,14H,3H2,1-2H3/b11-7+. The molecular weight excluding hydrogens is 242 g/mol. The Morgan fingerprint density at radius 2 is 2.29 bits per heavy atom. The van der Waals surface area contributed by atoms with Gasteiger partial charge in [-0.1, -0.05) is 17.7 Å². The number of fused-ring (bicyclic) bond motifs is 1. The van der Waals surface area contributed by atoms with Crippen molar-refractivity contribution in [3.63, 3.8) is 0 Å². The Bertz CT molecular complexity index is 497. The Kier molecular flexibility index (Phi) is 3.24. The van der Waals surface area contributed by atoms with Crippen molar-refractivity contribution in [2.45, 2.75) is 13.8 Å². The molecule has 0 saturated heterocycles. The van der Waals surface area contributed by atoms with Gasteiger partial charge in [0.15, 0.2) is 5.76 Å². The van der Waals surface area contributed by atoms with Gasteiger partial charge in [0.1, 0.15) is 0 Å². The van der Waals surface area contributed by atoms with E-state index in [1.807, 2.05) is 6.07 Å². The van der Waals surface area contributed by atoms with Crippen molar-refractivity contribution in [1.29, 1.82) is 0 Å². The van der Waals surface area contributed by atoms with E-state index in [0.717, 1.165) is 5.69 Å². The predicted molar refractivity (Wildman–Crippen MR) is 65.4 cm³/mol. The minimum atomic E-state index is -0.405. The van der Waals surface area contributed by atoms with Crippen LogP contribution in [0.25, 0.3) is 5.76 Å². The van der Waals surface area contributed by atoms with Gasteiger partial charge in [-0.05, 0) is 26.0 Å². The summed E-state index contributed by atoms with van der Waals surface area (Å²) >= 11 is 6.08. The number of esters is 1. The maximum Gasteiger partial charge on any atom is 0.337 e. The summed E-state index contributed by atoms with van der Waals surface area (Å²) in [7, 11) is 0. The number of ether oxygens (including phenoxy) is 1. The highest BCUT2D eigenvalue weighted by molar-refractivity contribution is 6.33. The highest BCUT2D eigenvalue weighted by atomic mass is 35.5. The van der Waals surface area contributed by atoms with Gasteiger partial charge in [-0.15, -0.1) is 0 Å². The van der Waals surface area contributed by atoms with Crippen LogP contribution in [-0.4, -0.2) is 12.6 Å². The zero-order chi connectivity index (χ0) is 12.4. The van der Waals surface area contributed by atoms with E-state index >= 15 is 0 Å². The number of halogens is 1. The first kappa shape index (κ1) is 11.8. The van der Waals surface area contributed by atoms with Gasteiger partial charge in [0, 0.05) is 0 Å². The van der Waals surface area contributed by atoms with Gasteiger partial charge >= 0.3 is 5.97 Å². The molecule has 1 aromatic rings. The first-order valence-corrected chi connectivity index (χ1v) is 5.62. The van der Waals surface area contributed by atoms with E-state index in [9.17, 15) is 4.79 Å². The molecule has 0 atom stereocenters. The van der Waals surface area contributed by atoms with Crippen molar-refractivity contribution in [2.24, 2.45) is 0 Å². The van der Waals surface area contributed by atoms with Crippen LogP contribution in [0.2, 0.25) is 5.02 Å². The van der Waals surface area contributed by atoms with Gasteiger partial charge in [-0.25, -0.2) is 10.3 Å². The predicted octanol–water partition coefficient (Wildman–Crippen LogP) is 2.99. The van der Waals surface area contributed by atoms with Crippen LogP contribution in [0.3, 0.4) is 0 Å². The largest absolute Gasteiger partial charge is 0.463 e. The summed E-state index contributed by atoms with van der Waals surface area (Å²) in [6, 6.07) is 5.38. The number of carbonyl (C=O) groups is 1. The lowest BCUT2D eigenvalue weighted by molar-refractivity contribution is -0.138. The molecular formula is C12H12ClNO3. The smallest absolute Gasteiger partial charge is 0.337 e. The molecule has 1 heterocycles. The van der Waals surface area contributed by atoms with E-state index in [1.54, 1.807) is 26.0 Å². The molecule has 1 aliphatic rings. The molecule has 0 radical (unpaired) electrons. The van der Waals surface area contributed by atoms with E-state index in [-0.39, 0.29) is 0 Å². The van der Waals surface area contributed by atoms with Gasteiger partial charge in [-0.2, -0.15) is 0 Å². The lowest BCUT2D eigenvalue weighted by Crippen LogP contribution is -2.07. The molecule has 90 valence electrons. The Balaban J connectivity index is 2.45. The SMILES string of the molecule is CCOC(=O)/C(C)=C1/ONc2cccc(Cl)c21. The van der Waals surface area contributed by atoms with E-state index < -0.39 is 5.97 Å². The van der Waals surface area contributed by atoms with Gasteiger partial charge in [0.2, 0.25) is 0 Å². The summed E-state index contributed by atoms with van der Waals surface area (Å²) in [5, 5.41) is 0.533. The van der Waals surface area contributed by atoms with Crippen LogP contribution in [0.5, 0.6) is 0 Å². The third-order valence-electron chi connectivity index (χ3n) is 2.43. The van der Waals surface area contributed by atoms with Gasteiger partial charge in [0.05, 0.1) is 28.5 Å². The highest BCUT2D eigenvalue weighted by Gasteiger charge is 2.26. The van der Waals surface area contributed by atoms with Crippen molar-refractivity contribution in [2.75, 3.05) is 12.1 Å². The van der Waals surface area contributed by atoms with Crippen molar-refractivity contribution < 1.29 is 14.4 Å². The number of benzene rings is 1. The van der Waals surface area contributed by atoms with Gasteiger partial charge in [0.25, 0.3) is 0 Å². The second-order valence-corrected chi connectivity index (χ2v) is 3.95. The third-order valence-corrected chi connectivity index (χ3v) is 2.74. The molecule has 1 aromatic carbocycles. The van der Waals surface area contributed by atoms with Crippen LogP contribution in [0.1, 0.15) is 19.4 Å². The van der Waals surface area contributed by atoms with Gasteiger partial charge < -0.3 is 9.57 Å². The molecule has 0 aliphatic carbocycles. The number of hydrogen-bond donors (Lipinski definition) is 1. The highest BCUT2D eigenvalue weighted by Crippen LogP contribution is 2.38. The van der Waals surface area contributed by atoms with Crippen molar-refractivity contribution in [3.05, 3.63) is 34.4 Å². The Morgan fingerprint density at radius 1 is 1.53 bits per heavy atom. The second-order valence-electron chi connectivity index (χ2n) is 3.54. The third kappa shape index (κ3) is 2.08. The maximum atomic E-state index is 11.6. The molecule has 2 rings (SSSR count). The number of anilines is 1. The summed E-state index contributed by atoms with van der Waals surface area (Å²) in [5.41, 5.74) is 4.55. The molecule has 5 heteroatoms. The fraction of sp³-hybridized carbons (Fsp3) is 0.250. The molecule has 1 aliphatic heterocycles. The average molecular weight is 254 g/mol. The van der Waals surface area contributed by atoms with Crippen LogP contribution >= 0.6 is 11.6 Å². The zero-order valence-electron chi connectivity index (χ0n) is 9.54.